The first-order valence-corrected chi connectivity index (χ1v) is 5.96. The van der Waals surface area contributed by atoms with Gasteiger partial charge in [-0.25, -0.2) is 4.98 Å². The fraction of sp³-hybridized carbons (Fsp3) is 0.167. The molecule has 6 heteroatoms. The third kappa shape index (κ3) is 1.64. The van der Waals surface area contributed by atoms with Crippen LogP contribution in [0.1, 0.15) is 12.7 Å². The van der Waals surface area contributed by atoms with Crippen LogP contribution in [0.3, 0.4) is 0 Å². The summed E-state index contributed by atoms with van der Waals surface area (Å²) in [6.45, 7) is 2.01. The van der Waals surface area contributed by atoms with Gasteiger partial charge in [0.2, 0.25) is 0 Å². The lowest BCUT2D eigenvalue weighted by Gasteiger charge is -1.97. The van der Waals surface area contributed by atoms with E-state index in [1.807, 2.05) is 25.1 Å². The number of hydrogen-bond acceptors (Lipinski definition) is 4. The molecule has 3 aromatic rings. The maximum atomic E-state index is 6.13. The molecule has 3 rings (SSSR count). The number of nitrogens with zero attached hydrogens (tertiary/aromatic N) is 2. The molecule has 18 heavy (non-hydrogen) atoms. The number of H-pyrrole nitrogens is 1. The quantitative estimate of drug-likeness (QED) is 0.744. The highest BCUT2D eigenvalue weighted by Crippen LogP contribution is 2.30. The molecule has 0 unspecified atom stereocenters. The van der Waals surface area contributed by atoms with Crippen LogP contribution in [-0.4, -0.2) is 15.1 Å². The Labute approximate surface area is 108 Å². The Morgan fingerprint density at radius 1 is 1.44 bits per heavy atom. The fourth-order valence-electron chi connectivity index (χ4n) is 1.86. The molecule has 2 heterocycles. The summed E-state index contributed by atoms with van der Waals surface area (Å²) in [5, 5.41) is 5.04. The average Bonchev–Trinajstić information content (AvgIpc) is 2.93. The average molecular weight is 263 g/mol. The van der Waals surface area contributed by atoms with E-state index < -0.39 is 0 Å². The minimum absolute atomic E-state index is 0.388. The van der Waals surface area contributed by atoms with Crippen LogP contribution < -0.4 is 5.73 Å². The third-order valence-corrected chi connectivity index (χ3v) is 3.09. The molecule has 5 nitrogen and oxygen atoms in total. The lowest BCUT2D eigenvalue weighted by Crippen LogP contribution is -1.84. The minimum atomic E-state index is 0.388. The molecule has 2 aromatic heterocycles. The summed E-state index contributed by atoms with van der Waals surface area (Å²) < 4.78 is 5.13. The van der Waals surface area contributed by atoms with Gasteiger partial charge in [0.1, 0.15) is 16.7 Å². The van der Waals surface area contributed by atoms with E-state index in [4.69, 9.17) is 21.9 Å². The van der Waals surface area contributed by atoms with Gasteiger partial charge in [-0.15, -0.1) is 0 Å². The van der Waals surface area contributed by atoms with E-state index in [2.05, 4.69) is 15.1 Å². The van der Waals surface area contributed by atoms with Crippen LogP contribution in [-0.2, 0) is 6.42 Å². The maximum Gasteiger partial charge on any atom is 0.174 e. The zero-order valence-corrected chi connectivity index (χ0v) is 10.5. The van der Waals surface area contributed by atoms with E-state index in [9.17, 15) is 0 Å². The molecule has 0 radical (unpaired) electrons. The van der Waals surface area contributed by atoms with Crippen molar-refractivity contribution < 1.29 is 4.52 Å². The number of anilines is 1. The summed E-state index contributed by atoms with van der Waals surface area (Å²) in [5.74, 6) is 1.24. The van der Waals surface area contributed by atoms with E-state index in [0.29, 0.717) is 22.2 Å². The first kappa shape index (κ1) is 11.1. The van der Waals surface area contributed by atoms with Gasteiger partial charge in [0.05, 0.1) is 5.39 Å². The number of aryl methyl sites for hydroxylation is 1. The smallest absolute Gasteiger partial charge is 0.174 e. The predicted octanol–water partition coefficient (Wildman–Crippen LogP) is 3.02. The van der Waals surface area contributed by atoms with E-state index in [0.717, 1.165) is 23.2 Å². The number of fused-ring (bicyclic) bond motifs is 1. The zero-order chi connectivity index (χ0) is 12.7. The first-order chi connectivity index (χ1) is 8.69. The summed E-state index contributed by atoms with van der Waals surface area (Å²) in [5.41, 5.74) is 7.88. The van der Waals surface area contributed by atoms with Gasteiger partial charge in [0.25, 0.3) is 0 Å². The van der Waals surface area contributed by atoms with Gasteiger partial charge < -0.3 is 15.2 Å². The Kier molecular flexibility index (Phi) is 2.48. The van der Waals surface area contributed by atoms with Gasteiger partial charge in [-0.05, 0) is 12.1 Å². The Bertz CT molecular complexity index is 716. The van der Waals surface area contributed by atoms with Crippen LogP contribution in [0.4, 0.5) is 5.82 Å². The highest BCUT2D eigenvalue weighted by Gasteiger charge is 2.12. The van der Waals surface area contributed by atoms with Gasteiger partial charge in [0.15, 0.2) is 11.4 Å². The van der Waals surface area contributed by atoms with E-state index in [-0.39, 0.29) is 0 Å². The standard InChI is InChI=1S/C12H11ClN4O/c1-2-9-15-10(11(13)16-9)6-3-4-7-8(5-6)18-17-12(7)14/h3-5H,2H2,1H3,(H2,14,17)(H,15,16). The SMILES string of the molecule is CCc1nc(-c2ccc3c(N)noc3c2)c(Cl)[nH]1. The minimum Gasteiger partial charge on any atom is -0.380 e. The second-order valence-electron chi connectivity index (χ2n) is 3.98. The van der Waals surface area contributed by atoms with Gasteiger partial charge in [-0.2, -0.15) is 0 Å². The molecule has 0 aliphatic carbocycles. The van der Waals surface area contributed by atoms with Crippen molar-refractivity contribution in [2.24, 2.45) is 0 Å². The topological polar surface area (TPSA) is 80.7 Å². The van der Waals surface area contributed by atoms with Crippen molar-refractivity contribution in [3.63, 3.8) is 0 Å². The van der Waals surface area contributed by atoms with E-state index in [1.54, 1.807) is 0 Å². The molecule has 1 aromatic carbocycles. The van der Waals surface area contributed by atoms with Crippen molar-refractivity contribution in [2.75, 3.05) is 5.73 Å². The number of aromatic amines is 1. The highest BCUT2D eigenvalue weighted by molar-refractivity contribution is 6.32. The molecular formula is C12H11ClN4O. The Balaban J connectivity index is 2.15. The molecule has 0 amide bonds. The normalized spacial score (nSPS) is 11.2. The molecule has 3 N–H and O–H groups in total. The number of nitrogens with two attached hydrogens (primary N) is 1. The summed E-state index contributed by atoms with van der Waals surface area (Å²) in [4.78, 5) is 7.46. The van der Waals surface area contributed by atoms with Crippen LogP contribution in [0.5, 0.6) is 0 Å². The molecule has 0 aliphatic heterocycles. The molecule has 0 bridgehead atoms. The number of benzene rings is 1. The second-order valence-corrected chi connectivity index (χ2v) is 4.36. The van der Waals surface area contributed by atoms with Crippen molar-refractivity contribution in [3.05, 3.63) is 29.2 Å². The highest BCUT2D eigenvalue weighted by atomic mass is 35.5. The number of nitrogen functional groups attached to an aromatic ring is 1. The van der Waals surface area contributed by atoms with Crippen LogP contribution in [0.2, 0.25) is 5.15 Å². The van der Waals surface area contributed by atoms with Crippen molar-refractivity contribution in [1.29, 1.82) is 0 Å². The maximum absolute atomic E-state index is 6.13. The number of nitrogens with one attached hydrogen (secondary N) is 1. The molecule has 92 valence electrons. The van der Waals surface area contributed by atoms with Crippen molar-refractivity contribution >= 4 is 28.4 Å². The van der Waals surface area contributed by atoms with Crippen molar-refractivity contribution in [3.8, 4) is 11.3 Å². The Morgan fingerprint density at radius 3 is 3.00 bits per heavy atom. The first-order valence-electron chi connectivity index (χ1n) is 5.58. The summed E-state index contributed by atoms with van der Waals surface area (Å²) >= 11 is 6.13. The summed E-state index contributed by atoms with van der Waals surface area (Å²) in [6.07, 6.45) is 0.803. The third-order valence-electron chi connectivity index (χ3n) is 2.82. The lowest BCUT2D eigenvalue weighted by atomic mass is 10.1. The summed E-state index contributed by atoms with van der Waals surface area (Å²) in [7, 11) is 0. The van der Waals surface area contributed by atoms with Crippen molar-refractivity contribution in [2.45, 2.75) is 13.3 Å². The Hall–Kier alpha value is -2.01. The molecule has 0 atom stereocenters. The zero-order valence-electron chi connectivity index (χ0n) is 9.70. The van der Waals surface area contributed by atoms with Crippen LogP contribution >= 0.6 is 11.6 Å². The van der Waals surface area contributed by atoms with Gasteiger partial charge in [-0.3, -0.25) is 0 Å². The van der Waals surface area contributed by atoms with Gasteiger partial charge in [-0.1, -0.05) is 29.7 Å². The molecule has 0 saturated carbocycles. The second kappa shape index (κ2) is 4.03. The monoisotopic (exact) mass is 262 g/mol. The van der Waals surface area contributed by atoms with Crippen LogP contribution in [0, 0.1) is 0 Å². The van der Waals surface area contributed by atoms with Gasteiger partial charge >= 0.3 is 0 Å². The number of imidazole rings is 1. The summed E-state index contributed by atoms with van der Waals surface area (Å²) in [6, 6.07) is 5.59. The lowest BCUT2D eigenvalue weighted by molar-refractivity contribution is 0.460. The van der Waals surface area contributed by atoms with Crippen molar-refractivity contribution in [1.82, 2.24) is 15.1 Å². The predicted molar refractivity (Wildman–Crippen MR) is 70.4 cm³/mol. The molecule has 0 saturated heterocycles. The van der Waals surface area contributed by atoms with Gasteiger partial charge in [0, 0.05) is 12.0 Å². The number of aromatic nitrogens is 3. The Morgan fingerprint density at radius 2 is 2.28 bits per heavy atom. The fourth-order valence-corrected chi connectivity index (χ4v) is 2.12. The number of hydrogen-bond donors (Lipinski definition) is 2. The largest absolute Gasteiger partial charge is 0.380 e. The van der Waals surface area contributed by atoms with E-state index in [1.165, 1.54) is 0 Å². The number of rotatable bonds is 2. The van der Waals surface area contributed by atoms with E-state index >= 15 is 0 Å². The molecular weight excluding hydrogens is 252 g/mol. The molecule has 0 aliphatic rings. The number of halogens is 1. The molecule has 0 fully saturated rings. The van der Waals surface area contributed by atoms with Crippen LogP contribution in [0.15, 0.2) is 22.7 Å². The molecule has 0 spiro atoms. The van der Waals surface area contributed by atoms with Crippen LogP contribution in [0.25, 0.3) is 22.2 Å².